The molecule has 0 aliphatic carbocycles. The van der Waals surface area contributed by atoms with E-state index in [0.29, 0.717) is 5.15 Å². The number of benzene rings is 2. The highest BCUT2D eigenvalue weighted by molar-refractivity contribution is 6.29. The molecule has 0 atom stereocenters. The minimum absolute atomic E-state index is 0.0402. The predicted molar refractivity (Wildman–Crippen MR) is 87.6 cm³/mol. The van der Waals surface area contributed by atoms with Crippen LogP contribution in [-0.4, -0.2) is 4.98 Å². The Hall–Kier alpha value is -2.32. The van der Waals surface area contributed by atoms with E-state index < -0.39 is 0 Å². The fourth-order valence-electron chi connectivity index (χ4n) is 2.29. The molecule has 2 nitrogen and oxygen atoms in total. The first-order chi connectivity index (χ1) is 10.3. The highest BCUT2D eigenvalue weighted by atomic mass is 35.5. The highest BCUT2D eigenvalue weighted by Gasteiger charge is 2.14. The van der Waals surface area contributed by atoms with Crippen LogP contribution >= 0.6 is 11.6 Å². The van der Waals surface area contributed by atoms with E-state index in [2.05, 4.69) is 34.6 Å². The van der Waals surface area contributed by atoms with Gasteiger partial charge in [0.1, 0.15) is 11.0 Å². The van der Waals surface area contributed by atoms with Crippen LogP contribution in [0.2, 0.25) is 5.15 Å². The van der Waals surface area contributed by atoms with Crippen LogP contribution in [0.25, 0.3) is 0 Å². The maximum atomic E-state index is 5.97. The Morgan fingerprint density at radius 3 is 1.81 bits per heavy atom. The number of pyridine rings is 1. The molecule has 3 heteroatoms. The van der Waals surface area contributed by atoms with Gasteiger partial charge in [-0.1, -0.05) is 78.3 Å². The monoisotopic (exact) mass is 294 g/mol. The molecule has 1 aromatic heterocycles. The summed E-state index contributed by atoms with van der Waals surface area (Å²) in [6, 6.07) is 26.2. The first-order valence-electron chi connectivity index (χ1n) is 6.82. The SMILES string of the molecule is Clc1cccc(NC(c2ccccc2)c2ccccc2)n1. The van der Waals surface area contributed by atoms with Crippen LogP contribution < -0.4 is 5.32 Å². The van der Waals surface area contributed by atoms with Crippen molar-refractivity contribution in [1.29, 1.82) is 0 Å². The van der Waals surface area contributed by atoms with Crippen molar-refractivity contribution in [1.82, 2.24) is 4.98 Å². The molecule has 2 aromatic carbocycles. The number of anilines is 1. The molecule has 104 valence electrons. The molecular formula is C18H15ClN2. The molecule has 0 fully saturated rings. The van der Waals surface area contributed by atoms with E-state index in [1.54, 1.807) is 6.07 Å². The second kappa shape index (κ2) is 6.42. The standard InChI is InChI=1S/C18H15ClN2/c19-16-12-7-13-17(20-16)21-18(14-8-3-1-4-9-14)15-10-5-2-6-11-15/h1-13,18H,(H,20,21). The molecular weight excluding hydrogens is 280 g/mol. The largest absolute Gasteiger partial charge is 0.359 e. The predicted octanol–water partition coefficient (Wildman–Crippen LogP) is 4.94. The first kappa shape index (κ1) is 13.7. The third-order valence-electron chi connectivity index (χ3n) is 3.27. The number of nitrogens with zero attached hydrogens (tertiary/aromatic N) is 1. The third-order valence-corrected chi connectivity index (χ3v) is 3.48. The van der Waals surface area contributed by atoms with Crippen LogP contribution in [0.3, 0.4) is 0 Å². The van der Waals surface area contributed by atoms with Gasteiger partial charge < -0.3 is 5.32 Å². The van der Waals surface area contributed by atoms with Crippen LogP contribution in [0, 0.1) is 0 Å². The van der Waals surface area contributed by atoms with E-state index in [9.17, 15) is 0 Å². The van der Waals surface area contributed by atoms with Gasteiger partial charge in [0, 0.05) is 0 Å². The minimum Gasteiger partial charge on any atom is -0.359 e. The maximum absolute atomic E-state index is 5.97. The summed E-state index contributed by atoms with van der Waals surface area (Å²) in [6.07, 6.45) is 0. The molecule has 0 aliphatic heterocycles. The van der Waals surface area contributed by atoms with Crippen molar-refractivity contribution < 1.29 is 0 Å². The Balaban J connectivity index is 1.97. The zero-order valence-corrected chi connectivity index (χ0v) is 12.2. The Morgan fingerprint density at radius 1 is 0.714 bits per heavy atom. The Kier molecular flexibility index (Phi) is 4.17. The number of rotatable bonds is 4. The van der Waals surface area contributed by atoms with Gasteiger partial charge in [-0.2, -0.15) is 0 Å². The lowest BCUT2D eigenvalue weighted by Crippen LogP contribution is -2.13. The summed E-state index contributed by atoms with van der Waals surface area (Å²) in [4.78, 5) is 4.32. The van der Waals surface area contributed by atoms with Gasteiger partial charge in [-0.05, 0) is 23.3 Å². The van der Waals surface area contributed by atoms with Crippen molar-refractivity contribution in [2.24, 2.45) is 0 Å². The van der Waals surface area contributed by atoms with Crippen molar-refractivity contribution in [2.45, 2.75) is 6.04 Å². The molecule has 0 unspecified atom stereocenters. The molecule has 3 aromatic rings. The fraction of sp³-hybridized carbons (Fsp3) is 0.0556. The number of aromatic nitrogens is 1. The van der Waals surface area contributed by atoms with Gasteiger partial charge in [-0.3, -0.25) is 0 Å². The maximum Gasteiger partial charge on any atom is 0.131 e. The van der Waals surface area contributed by atoms with Crippen molar-refractivity contribution in [3.8, 4) is 0 Å². The average molecular weight is 295 g/mol. The summed E-state index contributed by atoms with van der Waals surface area (Å²) < 4.78 is 0. The van der Waals surface area contributed by atoms with Gasteiger partial charge in [0.2, 0.25) is 0 Å². The zero-order valence-electron chi connectivity index (χ0n) is 11.4. The Labute approximate surface area is 129 Å². The van der Waals surface area contributed by atoms with Crippen molar-refractivity contribution in [3.63, 3.8) is 0 Å². The van der Waals surface area contributed by atoms with Crippen LogP contribution in [0.1, 0.15) is 17.2 Å². The summed E-state index contributed by atoms with van der Waals surface area (Å²) in [5, 5.41) is 3.94. The quantitative estimate of drug-likeness (QED) is 0.690. The van der Waals surface area contributed by atoms with E-state index in [4.69, 9.17) is 11.6 Å². The topological polar surface area (TPSA) is 24.9 Å². The van der Waals surface area contributed by atoms with Crippen molar-refractivity contribution >= 4 is 17.4 Å². The van der Waals surface area contributed by atoms with Crippen molar-refractivity contribution in [3.05, 3.63) is 95.1 Å². The van der Waals surface area contributed by atoms with Crippen LogP contribution in [0.4, 0.5) is 5.82 Å². The lowest BCUT2D eigenvalue weighted by Gasteiger charge is -2.20. The average Bonchev–Trinajstić information content (AvgIpc) is 2.54. The number of hydrogen-bond acceptors (Lipinski definition) is 2. The van der Waals surface area contributed by atoms with E-state index in [0.717, 1.165) is 5.82 Å². The van der Waals surface area contributed by atoms with Gasteiger partial charge in [-0.25, -0.2) is 4.98 Å². The molecule has 0 aliphatic rings. The van der Waals surface area contributed by atoms with E-state index in [-0.39, 0.29) is 6.04 Å². The first-order valence-corrected chi connectivity index (χ1v) is 7.20. The van der Waals surface area contributed by atoms with Crippen LogP contribution in [0.15, 0.2) is 78.9 Å². The summed E-state index contributed by atoms with van der Waals surface area (Å²) in [7, 11) is 0. The summed E-state index contributed by atoms with van der Waals surface area (Å²) >= 11 is 5.97. The molecule has 0 spiro atoms. The number of nitrogens with one attached hydrogen (secondary N) is 1. The van der Waals surface area contributed by atoms with Gasteiger partial charge in [0.15, 0.2) is 0 Å². The minimum atomic E-state index is 0.0402. The highest BCUT2D eigenvalue weighted by Crippen LogP contribution is 2.26. The van der Waals surface area contributed by atoms with Gasteiger partial charge >= 0.3 is 0 Å². The van der Waals surface area contributed by atoms with E-state index in [1.165, 1.54) is 11.1 Å². The van der Waals surface area contributed by atoms with Crippen molar-refractivity contribution in [2.75, 3.05) is 5.32 Å². The molecule has 1 heterocycles. The molecule has 0 radical (unpaired) electrons. The van der Waals surface area contributed by atoms with Gasteiger partial charge in [-0.15, -0.1) is 0 Å². The van der Waals surface area contributed by atoms with Crippen LogP contribution in [-0.2, 0) is 0 Å². The van der Waals surface area contributed by atoms with Gasteiger partial charge in [0.05, 0.1) is 6.04 Å². The zero-order chi connectivity index (χ0) is 14.5. The summed E-state index contributed by atoms with van der Waals surface area (Å²) in [5.74, 6) is 0.764. The molecule has 0 bridgehead atoms. The molecule has 0 saturated heterocycles. The van der Waals surface area contributed by atoms with E-state index >= 15 is 0 Å². The third kappa shape index (κ3) is 3.41. The lowest BCUT2D eigenvalue weighted by molar-refractivity contribution is 0.927. The smallest absolute Gasteiger partial charge is 0.131 e. The summed E-state index contributed by atoms with van der Waals surface area (Å²) in [6.45, 7) is 0. The number of hydrogen-bond donors (Lipinski definition) is 1. The molecule has 21 heavy (non-hydrogen) atoms. The summed E-state index contributed by atoms with van der Waals surface area (Å²) in [5.41, 5.74) is 2.37. The van der Waals surface area contributed by atoms with Crippen LogP contribution in [0.5, 0.6) is 0 Å². The van der Waals surface area contributed by atoms with Gasteiger partial charge in [0.25, 0.3) is 0 Å². The fourth-order valence-corrected chi connectivity index (χ4v) is 2.45. The van der Waals surface area contributed by atoms with E-state index in [1.807, 2.05) is 48.5 Å². The second-order valence-electron chi connectivity index (χ2n) is 4.74. The molecule has 0 saturated carbocycles. The molecule has 1 N–H and O–H groups in total. The Bertz CT molecular complexity index is 659. The molecule has 3 rings (SSSR count). The second-order valence-corrected chi connectivity index (χ2v) is 5.13. The number of halogens is 1. The Morgan fingerprint density at radius 2 is 1.29 bits per heavy atom. The lowest BCUT2D eigenvalue weighted by atomic mass is 9.99. The normalized spacial score (nSPS) is 10.6. The molecule has 0 amide bonds.